The van der Waals surface area contributed by atoms with Crippen LogP contribution in [0.1, 0.15) is 33.3 Å². The maximum absolute atomic E-state index is 12.3. The lowest BCUT2D eigenvalue weighted by Crippen LogP contribution is -2.16. The van der Waals surface area contributed by atoms with Crippen LogP contribution in [0.3, 0.4) is 0 Å². The number of nitrogens with one attached hydrogen (secondary N) is 1. The van der Waals surface area contributed by atoms with E-state index in [4.69, 9.17) is 25.5 Å². The molecule has 0 atom stereocenters. The smallest absolute Gasteiger partial charge is 0.307 e. The van der Waals surface area contributed by atoms with Crippen molar-refractivity contribution in [3.8, 4) is 17.2 Å². The molecule has 1 amide bonds. The van der Waals surface area contributed by atoms with Gasteiger partial charge in [-0.05, 0) is 80.6 Å². The summed E-state index contributed by atoms with van der Waals surface area (Å²) in [4.78, 5) is 12.3. The first-order valence-corrected chi connectivity index (χ1v) is 11.0. The molecule has 0 saturated heterocycles. The normalized spacial score (nSPS) is 11.1. The number of halogens is 1. The van der Waals surface area contributed by atoms with Gasteiger partial charge in [0.2, 0.25) is 0 Å². The summed E-state index contributed by atoms with van der Waals surface area (Å²) in [7, 11) is 1.55. The van der Waals surface area contributed by atoms with E-state index in [2.05, 4.69) is 41.1 Å². The van der Waals surface area contributed by atoms with E-state index in [0.29, 0.717) is 27.8 Å². The molecular formula is C26H24ClN3O4. The molecular weight excluding hydrogens is 454 g/mol. The average molecular weight is 478 g/mol. The summed E-state index contributed by atoms with van der Waals surface area (Å²) in [5.74, 6) is 1.46. The number of aromatic nitrogens is 1. The first-order valence-electron chi connectivity index (χ1n) is 10.6. The standard InChI is InChI=1S/C26H24ClN3O4/c1-17-4-5-18(2)30(17)21-7-9-22(10-8-21)33-16-23-11-13-25(34-23)26(31)29-28-15-19-14-20(27)6-12-24(19)32-3/h4-15H,16H2,1-3H3,(H,29,31)/b28-15+. The van der Waals surface area contributed by atoms with E-state index < -0.39 is 5.91 Å². The molecule has 34 heavy (non-hydrogen) atoms. The molecule has 4 rings (SSSR count). The van der Waals surface area contributed by atoms with Crippen molar-refractivity contribution in [3.63, 3.8) is 0 Å². The van der Waals surface area contributed by atoms with Crippen molar-refractivity contribution < 1.29 is 18.7 Å². The van der Waals surface area contributed by atoms with E-state index in [9.17, 15) is 4.79 Å². The molecule has 0 saturated carbocycles. The number of ether oxygens (including phenoxy) is 2. The topological polar surface area (TPSA) is 78.0 Å². The predicted molar refractivity (Wildman–Crippen MR) is 131 cm³/mol. The molecule has 0 bridgehead atoms. The van der Waals surface area contributed by atoms with Gasteiger partial charge in [0.05, 0.1) is 13.3 Å². The first-order chi connectivity index (χ1) is 16.4. The van der Waals surface area contributed by atoms with Gasteiger partial charge in [-0.3, -0.25) is 4.79 Å². The van der Waals surface area contributed by atoms with Gasteiger partial charge < -0.3 is 18.5 Å². The fraction of sp³-hybridized carbons (Fsp3) is 0.154. The van der Waals surface area contributed by atoms with Crippen molar-refractivity contribution in [1.29, 1.82) is 0 Å². The van der Waals surface area contributed by atoms with Crippen molar-refractivity contribution in [3.05, 3.63) is 100 Å². The molecule has 0 radical (unpaired) electrons. The second kappa shape index (κ2) is 10.3. The highest BCUT2D eigenvalue weighted by molar-refractivity contribution is 6.30. The van der Waals surface area contributed by atoms with E-state index in [1.807, 2.05) is 24.3 Å². The van der Waals surface area contributed by atoms with Crippen LogP contribution in [0, 0.1) is 13.8 Å². The minimum Gasteiger partial charge on any atom is -0.496 e. The summed E-state index contributed by atoms with van der Waals surface area (Å²) >= 11 is 6.00. The number of amides is 1. The van der Waals surface area contributed by atoms with E-state index >= 15 is 0 Å². The number of methoxy groups -OCH3 is 1. The molecule has 8 heteroatoms. The van der Waals surface area contributed by atoms with Gasteiger partial charge in [-0.1, -0.05) is 11.6 Å². The van der Waals surface area contributed by atoms with Crippen molar-refractivity contribution >= 4 is 23.7 Å². The maximum atomic E-state index is 12.3. The number of hydrogen-bond donors (Lipinski definition) is 1. The predicted octanol–water partition coefficient (Wildman–Crippen LogP) is 5.69. The number of carbonyl (C=O) groups is 1. The Hall–Kier alpha value is -3.97. The Kier molecular flexibility index (Phi) is 7.04. The van der Waals surface area contributed by atoms with E-state index in [1.54, 1.807) is 37.4 Å². The lowest BCUT2D eigenvalue weighted by molar-refractivity contribution is 0.0923. The number of carbonyl (C=O) groups excluding carboxylic acids is 1. The Morgan fingerprint density at radius 3 is 2.50 bits per heavy atom. The average Bonchev–Trinajstić information content (AvgIpc) is 3.44. The molecule has 0 aliphatic carbocycles. The maximum Gasteiger partial charge on any atom is 0.307 e. The fourth-order valence-corrected chi connectivity index (χ4v) is 3.70. The number of nitrogens with zero attached hydrogens (tertiary/aromatic N) is 2. The fourth-order valence-electron chi connectivity index (χ4n) is 3.52. The van der Waals surface area contributed by atoms with Crippen molar-refractivity contribution in [2.45, 2.75) is 20.5 Å². The van der Waals surface area contributed by atoms with Crippen LogP contribution in [0.2, 0.25) is 5.02 Å². The van der Waals surface area contributed by atoms with E-state index in [1.165, 1.54) is 17.6 Å². The van der Waals surface area contributed by atoms with Crippen LogP contribution in [-0.2, 0) is 6.61 Å². The summed E-state index contributed by atoms with van der Waals surface area (Å²) in [5, 5.41) is 4.49. The van der Waals surface area contributed by atoms with Crippen LogP contribution in [-0.4, -0.2) is 23.8 Å². The zero-order chi connectivity index (χ0) is 24.1. The molecule has 7 nitrogen and oxygen atoms in total. The zero-order valence-corrected chi connectivity index (χ0v) is 19.8. The lowest BCUT2D eigenvalue weighted by Gasteiger charge is -2.10. The molecule has 174 valence electrons. The van der Waals surface area contributed by atoms with Gasteiger partial charge in [0.1, 0.15) is 23.9 Å². The third kappa shape index (κ3) is 5.32. The van der Waals surface area contributed by atoms with Gasteiger partial charge in [-0.2, -0.15) is 5.10 Å². The molecule has 2 aromatic carbocycles. The number of aryl methyl sites for hydroxylation is 2. The molecule has 2 heterocycles. The Bertz CT molecular complexity index is 1300. The van der Waals surface area contributed by atoms with Gasteiger partial charge in [0.25, 0.3) is 0 Å². The monoisotopic (exact) mass is 477 g/mol. The first kappa shape index (κ1) is 23.2. The highest BCUT2D eigenvalue weighted by atomic mass is 35.5. The minimum atomic E-state index is -0.481. The highest BCUT2D eigenvalue weighted by Crippen LogP contribution is 2.22. The zero-order valence-electron chi connectivity index (χ0n) is 19.0. The van der Waals surface area contributed by atoms with E-state index in [-0.39, 0.29) is 12.4 Å². The molecule has 0 fully saturated rings. The minimum absolute atomic E-state index is 0.128. The summed E-state index contributed by atoms with van der Waals surface area (Å²) in [5.41, 5.74) is 6.47. The second-order valence-electron chi connectivity index (χ2n) is 7.59. The molecule has 2 aromatic heterocycles. The van der Waals surface area contributed by atoms with Gasteiger partial charge in [-0.15, -0.1) is 0 Å². The second-order valence-corrected chi connectivity index (χ2v) is 8.02. The highest BCUT2D eigenvalue weighted by Gasteiger charge is 2.11. The van der Waals surface area contributed by atoms with Crippen molar-refractivity contribution in [2.75, 3.05) is 7.11 Å². The molecule has 0 aliphatic rings. The molecule has 4 aromatic rings. The molecule has 0 spiro atoms. The van der Waals surface area contributed by atoms with Gasteiger partial charge in [-0.25, -0.2) is 5.43 Å². The Morgan fingerprint density at radius 2 is 1.79 bits per heavy atom. The van der Waals surface area contributed by atoms with Crippen LogP contribution in [0.5, 0.6) is 11.5 Å². The quantitative estimate of drug-likeness (QED) is 0.261. The van der Waals surface area contributed by atoms with Crippen molar-refractivity contribution in [1.82, 2.24) is 9.99 Å². The molecule has 1 N–H and O–H groups in total. The lowest BCUT2D eigenvalue weighted by atomic mass is 10.2. The molecule has 0 unspecified atom stereocenters. The SMILES string of the molecule is COc1ccc(Cl)cc1/C=N/NC(=O)c1ccc(COc2ccc(-n3c(C)ccc3C)cc2)o1. The third-order valence-corrected chi connectivity index (χ3v) is 5.43. The number of benzene rings is 2. The summed E-state index contributed by atoms with van der Waals surface area (Å²) in [6.07, 6.45) is 1.45. The summed E-state index contributed by atoms with van der Waals surface area (Å²) < 4.78 is 18.8. The van der Waals surface area contributed by atoms with Crippen LogP contribution in [0.15, 0.2) is 76.2 Å². The Balaban J connectivity index is 1.33. The Labute approximate surface area is 202 Å². The van der Waals surface area contributed by atoms with Crippen LogP contribution in [0.25, 0.3) is 5.69 Å². The molecule has 0 aliphatic heterocycles. The van der Waals surface area contributed by atoms with Crippen LogP contribution < -0.4 is 14.9 Å². The van der Waals surface area contributed by atoms with Gasteiger partial charge in [0.15, 0.2) is 5.76 Å². The van der Waals surface area contributed by atoms with Gasteiger partial charge in [0, 0.05) is 27.7 Å². The summed E-state index contributed by atoms with van der Waals surface area (Å²) in [6, 6.07) is 20.4. The number of rotatable bonds is 8. The Morgan fingerprint density at radius 1 is 1.06 bits per heavy atom. The van der Waals surface area contributed by atoms with Crippen molar-refractivity contribution in [2.24, 2.45) is 5.10 Å². The third-order valence-electron chi connectivity index (χ3n) is 5.19. The van der Waals surface area contributed by atoms with Gasteiger partial charge >= 0.3 is 5.91 Å². The van der Waals surface area contributed by atoms with Crippen LogP contribution in [0.4, 0.5) is 0 Å². The van der Waals surface area contributed by atoms with Crippen LogP contribution >= 0.6 is 11.6 Å². The number of furan rings is 1. The number of hydrazone groups is 1. The summed E-state index contributed by atoms with van der Waals surface area (Å²) in [6.45, 7) is 4.33. The van der Waals surface area contributed by atoms with E-state index in [0.717, 1.165) is 5.69 Å². The largest absolute Gasteiger partial charge is 0.496 e. The number of hydrogen-bond acceptors (Lipinski definition) is 5.